The molecule has 0 aliphatic heterocycles. The van der Waals surface area contributed by atoms with Gasteiger partial charge in [0.15, 0.2) is 5.75 Å². The van der Waals surface area contributed by atoms with Crippen molar-refractivity contribution in [1.29, 1.82) is 0 Å². The van der Waals surface area contributed by atoms with Gasteiger partial charge in [0.25, 0.3) is 0 Å². The molecule has 8 heteroatoms. The molecule has 0 fully saturated rings. The van der Waals surface area contributed by atoms with Crippen LogP contribution in [0.25, 0.3) is 0 Å². The second-order valence-corrected chi connectivity index (χ2v) is 3.59. The number of hydrogen-bond donors (Lipinski definition) is 0. The molecule has 0 N–H and O–H groups in total. The van der Waals surface area contributed by atoms with E-state index in [2.05, 4.69) is 4.74 Å². The van der Waals surface area contributed by atoms with Crippen LogP contribution in [0.5, 0.6) is 5.75 Å². The maximum atomic E-state index is 13.6. The lowest BCUT2D eigenvalue weighted by Crippen LogP contribution is -2.10. The Morgan fingerprint density at radius 3 is 2.65 bits per heavy atom. The smallest absolute Gasteiger partial charge is 0.340 e. The SMILES string of the molecule is CCOCCOc1cc(C(=O)OC)c(F)cc1[N+](=O)[O-]. The maximum absolute atomic E-state index is 13.6. The highest BCUT2D eigenvalue weighted by Crippen LogP contribution is 2.30. The van der Waals surface area contributed by atoms with Gasteiger partial charge in [-0.1, -0.05) is 0 Å². The molecule has 0 unspecified atom stereocenters. The molecule has 0 saturated heterocycles. The number of carbonyl (C=O) groups is 1. The minimum atomic E-state index is -1.04. The van der Waals surface area contributed by atoms with Crippen molar-refractivity contribution in [3.63, 3.8) is 0 Å². The summed E-state index contributed by atoms with van der Waals surface area (Å²) in [5.41, 5.74) is -0.990. The third-order valence-corrected chi connectivity index (χ3v) is 2.34. The van der Waals surface area contributed by atoms with Crippen molar-refractivity contribution < 1.29 is 28.3 Å². The number of nitro benzene ring substituents is 1. The first kappa shape index (κ1) is 15.8. The summed E-state index contributed by atoms with van der Waals surface area (Å²) in [6.07, 6.45) is 0. The first-order valence-corrected chi connectivity index (χ1v) is 5.78. The van der Waals surface area contributed by atoms with Crippen LogP contribution in [0.2, 0.25) is 0 Å². The van der Waals surface area contributed by atoms with E-state index in [0.29, 0.717) is 12.7 Å². The van der Waals surface area contributed by atoms with E-state index < -0.39 is 28.0 Å². The van der Waals surface area contributed by atoms with Crippen molar-refractivity contribution in [2.45, 2.75) is 6.92 Å². The summed E-state index contributed by atoms with van der Waals surface area (Å²) >= 11 is 0. The van der Waals surface area contributed by atoms with Crippen LogP contribution in [-0.4, -0.2) is 37.8 Å². The van der Waals surface area contributed by atoms with Crippen LogP contribution < -0.4 is 4.74 Å². The molecule has 20 heavy (non-hydrogen) atoms. The minimum absolute atomic E-state index is 0.0426. The molecule has 110 valence electrons. The lowest BCUT2D eigenvalue weighted by Gasteiger charge is -2.09. The Morgan fingerprint density at radius 1 is 1.40 bits per heavy atom. The van der Waals surface area contributed by atoms with Crippen molar-refractivity contribution in [2.75, 3.05) is 26.9 Å². The lowest BCUT2D eigenvalue weighted by molar-refractivity contribution is -0.386. The number of nitrogens with zero attached hydrogens (tertiary/aromatic N) is 1. The molecule has 0 heterocycles. The fourth-order valence-corrected chi connectivity index (χ4v) is 1.42. The van der Waals surface area contributed by atoms with E-state index in [1.165, 1.54) is 0 Å². The van der Waals surface area contributed by atoms with Crippen molar-refractivity contribution in [3.05, 3.63) is 33.6 Å². The third-order valence-electron chi connectivity index (χ3n) is 2.34. The van der Waals surface area contributed by atoms with Crippen LogP contribution in [0.4, 0.5) is 10.1 Å². The number of benzene rings is 1. The fourth-order valence-electron chi connectivity index (χ4n) is 1.42. The number of ether oxygens (including phenoxy) is 3. The Balaban J connectivity index is 3.04. The molecule has 0 aromatic heterocycles. The molecule has 0 aliphatic rings. The van der Waals surface area contributed by atoms with E-state index >= 15 is 0 Å². The molecule has 0 atom stereocenters. The summed E-state index contributed by atoms with van der Waals surface area (Å²) in [5, 5.41) is 10.8. The molecule has 0 spiro atoms. The van der Waals surface area contributed by atoms with E-state index in [1.807, 2.05) is 0 Å². The number of halogens is 1. The van der Waals surface area contributed by atoms with Gasteiger partial charge in [0, 0.05) is 12.7 Å². The van der Waals surface area contributed by atoms with Gasteiger partial charge in [-0.25, -0.2) is 9.18 Å². The van der Waals surface area contributed by atoms with Gasteiger partial charge < -0.3 is 14.2 Å². The Morgan fingerprint density at radius 2 is 2.10 bits per heavy atom. The van der Waals surface area contributed by atoms with Crippen LogP contribution in [0.15, 0.2) is 12.1 Å². The van der Waals surface area contributed by atoms with Crippen molar-refractivity contribution in [2.24, 2.45) is 0 Å². The molecule has 0 amide bonds. The first-order chi connectivity index (χ1) is 9.51. The van der Waals surface area contributed by atoms with E-state index in [0.717, 1.165) is 13.2 Å². The monoisotopic (exact) mass is 287 g/mol. The Bertz CT molecular complexity index is 505. The zero-order valence-corrected chi connectivity index (χ0v) is 11.1. The second kappa shape index (κ2) is 7.39. The van der Waals surface area contributed by atoms with Crippen LogP contribution in [0.3, 0.4) is 0 Å². The standard InChI is InChI=1S/C12H14FNO6/c1-3-19-4-5-20-11-6-8(12(15)18-2)9(13)7-10(11)14(16)17/h6-7H,3-5H2,1-2H3. The quantitative estimate of drug-likeness (QED) is 0.329. The largest absolute Gasteiger partial charge is 0.484 e. The molecule has 7 nitrogen and oxygen atoms in total. The van der Waals surface area contributed by atoms with E-state index in [4.69, 9.17) is 9.47 Å². The van der Waals surface area contributed by atoms with Gasteiger partial charge in [-0.3, -0.25) is 10.1 Å². The molecule has 1 rings (SSSR count). The van der Waals surface area contributed by atoms with Crippen molar-refractivity contribution in [1.82, 2.24) is 0 Å². The van der Waals surface area contributed by atoms with E-state index in [9.17, 15) is 19.3 Å². The molecule has 0 saturated carbocycles. The van der Waals surface area contributed by atoms with Gasteiger partial charge in [-0.05, 0) is 6.92 Å². The first-order valence-electron chi connectivity index (χ1n) is 5.78. The fraction of sp³-hybridized carbons (Fsp3) is 0.417. The highest BCUT2D eigenvalue weighted by molar-refractivity contribution is 5.90. The molecule has 0 bridgehead atoms. The molecule has 1 aromatic rings. The topological polar surface area (TPSA) is 87.9 Å². The summed E-state index contributed by atoms with van der Waals surface area (Å²) in [6, 6.07) is 1.58. The third kappa shape index (κ3) is 3.89. The van der Waals surface area contributed by atoms with Crippen molar-refractivity contribution >= 4 is 11.7 Å². The van der Waals surface area contributed by atoms with Gasteiger partial charge in [0.05, 0.1) is 30.3 Å². The average Bonchev–Trinajstić information content (AvgIpc) is 2.43. The molecular weight excluding hydrogens is 273 g/mol. The Kier molecular flexibility index (Phi) is 5.85. The van der Waals surface area contributed by atoms with Crippen LogP contribution in [0.1, 0.15) is 17.3 Å². The summed E-state index contributed by atoms with van der Waals surface area (Å²) < 4.78 is 28.1. The van der Waals surface area contributed by atoms with E-state index in [1.54, 1.807) is 6.92 Å². The van der Waals surface area contributed by atoms with E-state index in [-0.39, 0.29) is 19.0 Å². The number of methoxy groups -OCH3 is 1. The number of hydrogen-bond acceptors (Lipinski definition) is 6. The van der Waals surface area contributed by atoms with Gasteiger partial charge in [-0.2, -0.15) is 0 Å². The molecule has 1 aromatic carbocycles. The minimum Gasteiger partial charge on any atom is -0.484 e. The average molecular weight is 287 g/mol. The molecule has 0 radical (unpaired) electrons. The molecule has 0 aliphatic carbocycles. The number of esters is 1. The Hall–Kier alpha value is -2.22. The van der Waals surface area contributed by atoms with Crippen molar-refractivity contribution in [3.8, 4) is 5.75 Å². The summed E-state index contributed by atoms with van der Waals surface area (Å²) in [6.45, 7) is 2.53. The predicted octanol–water partition coefficient (Wildman–Crippen LogP) is 1.94. The zero-order chi connectivity index (χ0) is 15.1. The predicted molar refractivity (Wildman–Crippen MR) is 66.4 cm³/mol. The summed E-state index contributed by atoms with van der Waals surface area (Å²) in [4.78, 5) is 21.4. The van der Waals surface area contributed by atoms with Gasteiger partial charge in [-0.15, -0.1) is 0 Å². The van der Waals surface area contributed by atoms with Gasteiger partial charge in [0.1, 0.15) is 12.4 Å². The second-order valence-electron chi connectivity index (χ2n) is 3.59. The summed E-state index contributed by atoms with van der Waals surface area (Å²) in [7, 11) is 1.08. The Labute approximate surface area is 114 Å². The number of nitro groups is 1. The number of carbonyl (C=O) groups excluding carboxylic acids is 1. The highest BCUT2D eigenvalue weighted by atomic mass is 19.1. The summed E-state index contributed by atoms with van der Waals surface area (Å²) in [5.74, 6) is -2.19. The van der Waals surface area contributed by atoms with Gasteiger partial charge >= 0.3 is 11.7 Å². The molecular formula is C12H14FNO6. The van der Waals surface area contributed by atoms with Crippen LogP contribution in [0, 0.1) is 15.9 Å². The lowest BCUT2D eigenvalue weighted by atomic mass is 10.1. The van der Waals surface area contributed by atoms with Gasteiger partial charge in [0.2, 0.25) is 0 Å². The number of rotatable bonds is 7. The normalized spacial score (nSPS) is 10.2. The maximum Gasteiger partial charge on any atom is 0.340 e. The zero-order valence-electron chi connectivity index (χ0n) is 11.1. The van der Waals surface area contributed by atoms with Crippen LogP contribution >= 0.6 is 0 Å². The highest BCUT2D eigenvalue weighted by Gasteiger charge is 2.23. The van der Waals surface area contributed by atoms with Crippen LogP contribution in [-0.2, 0) is 9.47 Å².